The van der Waals surface area contributed by atoms with E-state index >= 15 is 0 Å². The molecular weight excluding hydrogens is 258 g/mol. The van der Waals surface area contributed by atoms with Crippen LogP contribution >= 0.6 is 0 Å². The molecule has 3 rings (SSSR count). The van der Waals surface area contributed by atoms with Crippen LogP contribution in [0.3, 0.4) is 0 Å². The van der Waals surface area contributed by atoms with Crippen LogP contribution in [-0.2, 0) is 6.54 Å². The summed E-state index contributed by atoms with van der Waals surface area (Å²) in [5.74, 6) is 0. The second-order valence-corrected chi connectivity index (χ2v) is 6.59. The Labute approximate surface area is 129 Å². The van der Waals surface area contributed by atoms with Crippen LogP contribution in [0.2, 0.25) is 0 Å². The summed E-state index contributed by atoms with van der Waals surface area (Å²) in [5.41, 5.74) is 2.83. The minimum atomic E-state index is 0.726. The lowest BCUT2D eigenvalue weighted by Gasteiger charge is -2.30. The van der Waals surface area contributed by atoms with Crippen LogP contribution in [0.1, 0.15) is 38.2 Å². The number of nitrogens with one attached hydrogen (secondary N) is 1. The molecule has 1 aliphatic carbocycles. The molecule has 0 bridgehead atoms. The lowest BCUT2D eigenvalue weighted by Crippen LogP contribution is -2.39. The fourth-order valence-electron chi connectivity index (χ4n) is 3.51. The van der Waals surface area contributed by atoms with E-state index in [0.717, 1.165) is 25.2 Å². The highest BCUT2D eigenvalue weighted by Gasteiger charge is 2.25. The van der Waals surface area contributed by atoms with E-state index in [1.165, 1.54) is 50.0 Å². The predicted octanol–water partition coefficient (Wildman–Crippen LogP) is 2.86. The van der Waals surface area contributed by atoms with Crippen molar-refractivity contribution in [3.63, 3.8) is 0 Å². The Hall–Kier alpha value is -1.06. The number of hydrogen-bond acceptors (Lipinski definition) is 3. The fourth-order valence-corrected chi connectivity index (χ4v) is 3.51. The Morgan fingerprint density at radius 2 is 2.05 bits per heavy atom. The SMILES string of the molecule is CCN1CCCC1CN(C)c1ccccc1CNC1CC1. The van der Waals surface area contributed by atoms with Crippen LogP contribution in [0.4, 0.5) is 5.69 Å². The molecule has 1 aliphatic heterocycles. The van der Waals surface area contributed by atoms with Crippen LogP contribution < -0.4 is 10.2 Å². The van der Waals surface area contributed by atoms with Gasteiger partial charge in [0.05, 0.1) is 0 Å². The van der Waals surface area contributed by atoms with Crippen molar-refractivity contribution in [1.82, 2.24) is 10.2 Å². The van der Waals surface area contributed by atoms with Gasteiger partial charge >= 0.3 is 0 Å². The number of hydrogen-bond donors (Lipinski definition) is 1. The van der Waals surface area contributed by atoms with Gasteiger partial charge in [-0.15, -0.1) is 0 Å². The highest BCUT2D eigenvalue weighted by Crippen LogP contribution is 2.25. The summed E-state index contributed by atoms with van der Waals surface area (Å²) in [6.45, 7) is 6.90. The normalized spacial score (nSPS) is 22.7. The summed E-state index contributed by atoms with van der Waals surface area (Å²) < 4.78 is 0. The third-order valence-electron chi connectivity index (χ3n) is 4.95. The maximum absolute atomic E-state index is 3.64. The molecule has 2 fully saturated rings. The molecule has 1 saturated heterocycles. The molecule has 1 N–H and O–H groups in total. The van der Waals surface area contributed by atoms with Crippen molar-refractivity contribution in [2.45, 2.75) is 51.2 Å². The summed E-state index contributed by atoms with van der Waals surface area (Å²) in [6, 6.07) is 10.4. The van der Waals surface area contributed by atoms with E-state index in [1.807, 2.05) is 0 Å². The van der Waals surface area contributed by atoms with Gasteiger partial charge in [-0.1, -0.05) is 25.1 Å². The Kier molecular flexibility index (Phi) is 4.81. The molecule has 116 valence electrons. The van der Waals surface area contributed by atoms with E-state index < -0.39 is 0 Å². The third-order valence-corrected chi connectivity index (χ3v) is 4.95. The van der Waals surface area contributed by atoms with Crippen LogP contribution in [0.25, 0.3) is 0 Å². The lowest BCUT2D eigenvalue weighted by atomic mass is 10.1. The van der Waals surface area contributed by atoms with Crippen LogP contribution in [-0.4, -0.2) is 43.7 Å². The molecule has 0 spiro atoms. The Morgan fingerprint density at radius 1 is 1.24 bits per heavy atom. The van der Waals surface area contributed by atoms with Crippen molar-refractivity contribution in [1.29, 1.82) is 0 Å². The number of rotatable bonds is 7. The number of anilines is 1. The number of para-hydroxylation sites is 1. The van der Waals surface area contributed by atoms with Crippen LogP contribution in [0.5, 0.6) is 0 Å². The van der Waals surface area contributed by atoms with Crippen molar-refractivity contribution in [3.05, 3.63) is 29.8 Å². The van der Waals surface area contributed by atoms with E-state index in [9.17, 15) is 0 Å². The largest absolute Gasteiger partial charge is 0.373 e. The van der Waals surface area contributed by atoms with Gasteiger partial charge in [0.2, 0.25) is 0 Å². The Balaban J connectivity index is 1.63. The molecule has 1 aromatic carbocycles. The first-order valence-corrected chi connectivity index (χ1v) is 8.54. The van der Waals surface area contributed by atoms with Crippen molar-refractivity contribution in [2.24, 2.45) is 0 Å². The lowest BCUT2D eigenvalue weighted by molar-refractivity contribution is 0.270. The zero-order valence-corrected chi connectivity index (χ0v) is 13.5. The minimum Gasteiger partial charge on any atom is -0.373 e. The quantitative estimate of drug-likeness (QED) is 0.832. The predicted molar refractivity (Wildman–Crippen MR) is 89.8 cm³/mol. The van der Waals surface area contributed by atoms with Gasteiger partial charge in [0.25, 0.3) is 0 Å². The molecule has 0 aromatic heterocycles. The average Bonchev–Trinajstić information content (AvgIpc) is 3.24. The second-order valence-electron chi connectivity index (χ2n) is 6.59. The van der Waals surface area contributed by atoms with Crippen molar-refractivity contribution in [2.75, 3.05) is 31.6 Å². The van der Waals surface area contributed by atoms with Crippen molar-refractivity contribution < 1.29 is 0 Å². The minimum absolute atomic E-state index is 0.726. The van der Waals surface area contributed by atoms with Crippen molar-refractivity contribution in [3.8, 4) is 0 Å². The first-order valence-electron chi connectivity index (χ1n) is 8.54. The third kappa shape index (κ3) is 3.78. The van der Waals surface area contributed by atoms with Gasteiger partial charge in [-0.05, 0) is 50.4 Å². The Morgan fingerprint density at radius 3 is 2.81 bits per heavy atom. The number of likely N-dealkylation sites (N-methyl/N-ethyl adjacent to an activating group) is 2. The van der Waals surface area contributed by atoms with Gasteiger partial charge in [-0.3, -0.25) is 4.90 Å². The van der Waals surface area contributed by atoms with E-state index in [0.29, 0.717) is 0 Å². The molecule has 0 radical (unpaired) electrons. The maximum atomic E-state index is 3.64. The van der Waals surface area contributed by atoms with Gasteiger partial charge in [0.15, 0.2) is 0 Å². The van der Waals surface area contributed by atoms with Gasteiger partial charge in [0.1, 0.15) is 0 Å². The van der Waals surface area contributed by atoms with Gasteiger partial charge in [-0.2, -0.15) is 0 Å². The molecule has 1 aromatic rings. The van der Waals surface area contributed by atoms with Gasteiger partial charge in [-0.25, -0.2) is 0 Å². The molecule has 0 amide bonds. The first kappa shape index (κ1) is 14.9. The molecule has 3 nitrogen and oxygen atoms in total. The number of benzene rings is 1. The zero-order chi connectivity index (χ0) is 14.7. The summed E-state index contributed by atoms with van der Waals surface area (Å²) in [6.07, 6.45) is 5.41. The smallest absolute Gasteiger partial charge is 0.0409 e. The second kappa shape index (κ2) is 6.80. The summed E-state index contributed by atoms with van der Waals surface area (Å²) in [7, 11) is 2.25. The zero-order valence-electron chi connectivity index (χ0n) is 13.5. The molecule has 1 saturated carbocycles. The topological polar surface area (TPSA) is 18.5 Å². The van der Waals surface area contributed by atoms with Gasteiger partial charge in [0, 0.05) is 37.9 Å². The fraction of sp³-hybridized carbons (Fsp3) is 0.667. The van der Waals surface area contributed by atoms with E-state index in [4.69, 9.17) is 0 Å². The molecule has 1 unspecified atom stereocenters. The van der Waals surface area contributed by atoms with Crippen LogP contribution in [0, 0.1) is 0 Å². The standard InChI is InChI=1S/C18H29N3/c1-3-21-12-6-8-17(21)14-20(2)18-9-5-4-7-15(18)13-19-16-10-11-16/h4-5,7,9,16-17,19H,3,6,8,10-14H2,1-2H3. The monoisotopic (exact) mass is 287 g/mol. The Bertz CT molecular complexity index is 456. The average molecular weight is 287 g/mol. The highest BCUT2D eigenvalue weighted by atomic mass is 15.2. The highest BCUT2D eigenvalue weighted by molar-refractivity contribution is 5.53. The molecule has 21 heavy (non-hydrogen) atoms. The molecule has 3 heteroatoms. The molecule has 1 atom stereocenters. The van der Waals surface area contributed by atoms with Crippen molar-refractivity contribution >= 4 is 5.69 Å². The van der Waals surface area contributed by atoms with E-state index in [1.54, 1.807) is 0 Å². The number of likely N-dealkylation sites (tertiary alicyclic amines) is 1. The number of nitrogens with zero attached hydrogens (tertiary/aromatic N) is 2. The summed E-state index contributed by atoms with van der Waals surface area (Å²) in [4.78, 5) is 5.09. The maximum Gasteiger partial charge on any atom is 0.0409 e. The summed E-state index contributed by atoms with van der Waals surface area (Å²) in [5, 5.41) is 3.64. The van der Waals surface area contributed by atoms with E-state index in [-0.39, 0.29) is 0 Å². The van der Waals surface area contributed by atoms with Gasteiger partial charge < -0.3 is 10.2 Å². The molecular formula is C18H29N3. The first-order chi connectivity index (χ1) is 10.3. The van der Waals surface area contributed by atoms with E-state index in [2.05, 4.69) is 53.4 Å². The molecule has 2 aliphatic rings. The van der Waals surface area contributed by atoms with Crippen LogP contribution in [0.15, 0.2) is 24.3 Å². The molecule has 1 heterocycles. The summed E-state index contributed by atoms with van der Waals surface area (Å²) >= 11 is 0.